The minimum atomic E-state index is -0.103. The van der Waals surface area contributed by atoms with Crippen molar-refractivity contribution in [2.75, 3.05) is 5.32 Å². The van der Waals surface area contributed by atoms with Crippen LogP contribution in [-0.4, -0.2) is 10.9 Å². The first-order valence-corrected chi connectivity index (χ1v) is 4.80. The van der Waals surface area contributed by atoms with E-state index in [0.717, 1.165) is 10.9 Å². The fraction of sp³-hybridized carbons (Fsp3) is 0.167. The molecule has 0 aliphatic rings. The van der Waals surface area contributed by atoms with Crippen LogP contribution in [0.4, 0.5) is 5.82 Å². The van der Waals surface area contributed by atoms with Gasteiger partial charge in [0, 0.05) is 12.3 Å². The number of benzene rings is 1. The molecule has 1 N–H and O–H groups in total. The third-order valence-corrected chi connectivity index (χ3v) is 2.15. The maximum absolute atomic E-state index is 10.9. The molecule has 0 bridgehead atoms. The van der Waals surface area contributed by atoms with E-state index in [1.54, 1.807) is 0 Å². The zero-order valence-electron chi connectivity index (χ0n) is 8.74. The van der Waals surface area contributed by atoms with E-state index in [-0.39, 0.29) is 5.91 Å². The smallest absolute Gasteiger partial charge is 0.222 e. The third-order valence-electron chi connectivity index (χ3n) is 2.15. The van der Waals surface area contributed by atoms with Gasteiger partial charge in [0.1, 0.15) is 5.82 Å². The molecular formula is C12H12N2O. The highest BCUT2D eigenvalue weighted by atomic mass is 16.1. The van der Waals surface area contributed by atoms with Gasteiger partial charge in [-0.1, -0.05) is 11.6 Å². The fourth-order valence-electron chi connectivity index (χ4n) is 1.49. The van der Waals surface area contributed by atoms with Crippen LogP contribution in [0.3, 0.4) is 0 Å². The Bertz CT molecular complexity index is 520. The summed E-state index contributed by atoms with van der Waals surface area (Å²) in [5.41, 5.74) is 2.10. The van der Waals surface area contributed by atoms with Crippen LogP contribution in [0.25, 0.3) is 10.9 Å². The van der Waals surface area contributed by atoms with Crippen molar-refractivity contribution in [3.05, 3.63) is 35.9 Å². The highest BCUT2D eigenvalue weighted by molar-refractivity contribution is 5.89. The minimum absolute atomic E-state index is 0.103. The molecule has 0 fully saturated rings. The van der Waals surface area contributed by atoms with Crippen molar-refractivity contribution in [2.24, 2.45) is 0 Å². The summed E-state index contributed by atoms with van der Waals surface area (Å²) < 4.78 is 0. The second kappa shape index (κ2) is 3.69. The lowest BCUT2D eigenvalue weighted by Gasteiger charge is -2.03. The van der Waals surface area contributed by atoms with Crippen molar-refractivity contribution in [3.63, 3.8) is 0 Å². The summed E-state index contributed by atoms with van der Waals surface area (Å²) in [6, 6.07) is 9.80. The molecule has 2 aromatic rings. The molecule has 3 heteroatoms. The van der Waals surface area contributed by atoms with Gasteiger partial charge in [-0.15, -0.1) is 0 Å². The summed E-state index contributed by atoms with van der Waals surface area (Å²) in [7, 11) is 0. The number of carbonyl (C=O) groups is 1. The number of rotatable bonds is 1. The van der Waals surface area contributed by atoms with Crippen LogP contribution in [0.5, 0.6) is 0 Å². The number of hydrogen-bond donors (Lipinski definition) is 1. The summed E-state index contributed by atoms with van der Waals surface area (Å²) in [5, 5.41) is 3.75. The molecule has 1 heterocycles. The van der Waals surface area contributed by atoms with Gasteiger partial charge in [-0.25, -0.2) is 4.98 Å². The van der Waals surface area contributed by atoms with Gasteiger partial charge in [0.15, 0.2) is 0 Å². The van der Waals surface area contributed by atoms with Crippen molar-refractivity contribution >= 4 is 22.6 Å². The van der Waals surface area contributed by atoms with Gasteiger partial charge in [-0.2, -0.15) is 0 Å². The summed E-state index contributed by atoms with van der Waals surface area (Å²) >= 11 is 0. The molecule has 0 unspecified atom stereocenters. The molecule has 0 saturated heterocycles. The third kappa shape index (κ3) is 2.13. The van der Waals surface area contributed by atoms with Gasteiger partial charge in [0.2, 0.25) is 5.91 Å². The lowest BCUT2D eigenvalue weighted by Crippen LogP contribution is -2.07. The SMILES string of the molecule is CC(=O)Nc1ccc2cc(C)ccc2n1. The molecule has 0 spiro atoms. The van der Waals surface area contributed by atoms with Gasteiger partial charge >= 0.3 is 0 Å². The average Bonchev–Trinajstić information content (AvgIpc) is 2.17. The molecule has 0 saturated carbocycles. The number of nitrogens with zero attached hydrogens (tertiary/aromatic N) is 1. The molecule has 1 aromatic heterocycles. The van der Waals surface area contributed by atoms with E-state index in [0.29, 0.717) is 5.82 Å². The number of nitrogens with one attached hydrogen (secondary N) is 1. The summed E-state index contributed by atoms with van der Waals surface area (Å²) in [4.78, 5) is 15.2. The number of hydrogen-bond acceptors (Lipinski definition) is 2. The summed E-state index contributed by atoms with van der Waals surface area (Å²) in [6.45, 7) is 3.52. The van der Waals surface area contributed by atoms with Crippen LogP contribution in [-0.2, 0) is 4.79 Å². The number of aromatic nitrogens is 1. The van der Waals surface area contributed by atoms with Crippen LogP contribution < -0.4 is 5.32 Å². The van der Waals surface area contributed by atoms with Crippen molar-refractivity contribution in [2.45, 2.75) is 13.8 Å². The number of fused-ring (bicyclic) bond motifs is 1. The Balaban J connectivity index is 2.47. The Labute approximate surface area is 88.1 Å². The van der Waals surface area contributed by atoms with Gasteiger partial charge in [0.05, 0.1) is 5.52 Å². The van der Waals surface area contributed by atoms with Crippen molar-refractivity contribution in [1.29, 1.82) is 0 Å². The predicted molar refractivity (Wildman–Crippen MR) is 60.8 cm³/mol. The Morgan fingerprint density at radius 1 is 1.27 bits per heavy atom. The molecule has 1 aromatic carbocycles. The largest absolute Gasteiger partial charge is 0.311 e. The minimum Gasteiger partial charge on any atom is -0.311 e. The maximum atomic E-state index is 10.9. The molecule has 76 valence electrons. The van der Waals surface area contributed by atoms with E-state index in [1.807, 2.05) is 31.2 Å². The normalized spacial score (nSPS) is 10.3. The molecule has 0 atom stereocenters. The molecule has 0 aliphatic heterocycles. The first-order valence-electron chi connectivity index (χ1n) is 4.80. The van der Waals surface area contributed by atoms with Gasteiger partial charge in [0.25, 0.3) is 0 Å². The lowest BCUT2D eigenvalue weighted by atomic mass is 10.1. The molecule has 15 heavy (non-hydrogen) atoms. The van der Waals surface area contributed by atoms with Crippen LogP contribution in [0.2, 0.25) is 0 Å². The highest BCUT2D eigenvalue weighted by Crippen LogP contribution is 2.16. The number of anilines is 1. The Morgan fingerprint density at radius 3 is 2.80 bits per heavy atom. The molecule has 3 nitrogen and oxygen atoms in total. The van der Waals surface area contributed by atoms with Gasteiger partial charge < -0.3 is 5.32 Å². The second-order valence-electron chi connectivity index (χ2n) is 3.57. The zero-order chi connectivity index (χ0) is 10.8. The fourth-order valence-corrected chi connectivity index (χ4v) is 1.49. The van der Waals surface area contributed by atoms with Crippen LogP contribution in [0.15, 0.2) is 30.3 Å². The Kier molecular flexibility index (Phi) is 2.37. The van der Waals surface area contributed by atoms with E-state index in [2.05, 4.69) is 16.4 Å². The summed E-state index contributed by atoms with van der Waals surface area (Å²) in [5.74, 6) is 0.493. The van der Waals surface area contributed by atoms with E-state index >= 15 is 0 Å². The quantitative estimate of drug-likeness (QED) is 0.768. The van der Waals surface area contributed by atoms with Crippen LogP contribution in [0.1, 0.15) is 12.5 Å². The van der Waals surface area contributed by atoms with Crippen molar-refractivity contribution in [1.82, 2.24) is 4.98 Å². The van der Waals surface area contributed by atoms with Crippen molar-refractivity contribution < 1.29 is 4.79 Å². The van der Waals surface area contributed by atoms with E-state index in [9.17, 15) is 4.79 Å². The summed E-state index contributed by atoms with van der Waals surface area (Å²) in [6.07, 6.45) is 0. The monoisotopic (exact) mass is 200 g/mol. The number of aryl methyl sites for hydroxylation is 1. The maximum Gasteiger partial charge on any atom is 0.222 e. The molecular weight excluding hydrogens is 188 g/mol. The molecule has 0 radical (unpaired) electrons. The highest BCUT2D eigenvalue weighted by Gasteiger charge is 1.99. The van der Waals surface area contributed by atoms with Gasteiger partial charge in [-0.3, -0.25) is 4.79 Å². The topological polar surface area (TPSA) is 42.0 Å². The van der Waals surface area contributed by atoms with Crippen molar-refractivity contribution in [3.8, 4) is 0 Å². The predicted octanol–water partition coefficient (Wildman–Crippen LogP) is 2.50. The number of carbonyl (C=O) groups excluding carboxylic acids is 1. The molecule has 1 amide bonds. The molecule has 0 aliphatic carbocycles. The first-order chi connectivity index (χ1) is 7.15. The zero-order valence-corrected chi connectivity index (χ0v) is 8.74. The average molecular weight is 200 g/mol. The Hall–Kier alpha value is -1.90. The van der Waals surface area contributed by atoms with Crippen LogP contribution >= 0.6 is 0 Å². The first kappa shape index (κ1) is 9.65. The van der Waals surface area contributed by atoms with E-state index in [1.165, 1.54) is 12.5 Å². The van der Waals surface area contributed by atoms with E-state index < -0.39 is 0 Å². The lowest BCUT2D eigenvalue weighted by molar-refractivity contribution is -0.114. The van der Waals surface area contributed by atoms with Gasteiger partial charge in [-0.05, 0) is 31.2 Å². The number of pyridine rings is 1. The van der Waals surface area contributed by atoms with E-state index in [4.69, 9.17) is 0 Å². The molecule has 2 rings (SSSR count). The number of amides is 1. The van der Waals surface area contributed by atoms with Crippen LogP contribution in [0, 0.1) is 6.92 Å². The Morgan fingerprint density at radius 2 is 2.07 bits per heavy atom. The standard InChI is InChI=1S/C12H12N2O/c1-8-3-5-11-10(7-8)4-6-12(14-11)13-9(2)15/h3-7H,1-2H3,(H,13,14,15). The second-order valence-corrected chi connectivity index (χ2v) is 3.57.